The van der Waals surface area contributed by atoms with E-state index in [0.29, 0.717) is 12.0 Å². The SMILES string of the molecule is C[C@H]1C[C@H](C)CN([C@H]2/C(=N\O)[C@H]3CC[C@@H]2C3)C1. The van der Waals surface area contributed by atoms with Gasteiger partial charge in [-0.1, -0.05) is 19.0 Å². The number of piperidine rings is 1. The molecule has 5 atom stereocenters. The number of oxime groups is 1. The van der Waals surface area contributed by atoms with Crippen molar-refractivity contribution >= 4 is 5.71 Å². The molecule has 3 aliphatic rings. The molecule has 3 nitrogen and oxygen atoms in total. The van der Waals surface area contributed by atoms with Crippen molar-refractivity contribution in [2.45, 2.75) is 45.6 Å². The average Bonchev–Trinajstić information content (AvgIpc) is 2.86. The molecule has 2 aliphatic carbocycles. The van der Waals surface area contributed by atoms with Crippen molar-refractivity contribution in [3.8, 4) is 0 Å². The van der Waals surface area contributed by atoms with Crippen LogP contribution >= 0.6 is 0 Å². The van der Waals surface area contributed by atoms with E-state index < -0.39 is 0 Å². The normalized spacial score (nSPS) is 49.1. The fourth-order valence-electron chi connectivity index (χ4n) is 4.62. The highest BCUT2D eigenvalue weighted by atomic mass is 16.4. The minimum Gasteiger partial charge on any atom is -0.411 e. The van der Waals surface area contributed by atoms with Gasteiger partial charge in [0.25, 0.3) is 0 Å². The van der Waals surface area contributed by atoms with Gasteiger partial charge in [0.15, 0.2) is 0 Å². The first-order valence-electron chi connectivity index (χ1n) is 7.15. The van der Waals surface area contributed by atoms with Crippen LogP contribution in [0.3, 0.4) is 0 Å². The predicted octanol–water partition coefficient (Wildman–Crippen LogP) is 2.59. The van der Waals surface area contributed by atoms with Crippen LogP contribution in [0.5, 0.6) is 0 Å². The Morgan fingerprint density at radius 2 is 1.82 bits per heavy atom. The fraction of sp³-hybridized carbons (Fsp3) is 0.929. The second-order valence-electron chi connectivity index (χ2n) is 6.64. The van der Waals surface area contributed by atoms with Gasteiger partial charge in [-0.2, -0.15) is 0 Å². The highest BCUT2D eigenvalue weighted by Gasteiger charge is 2.48. The summed E-state index contributed by atoms with van der Waals surface area (Å²) in [6.45, 7) is 7.09. The van der Waals surface area contributed by atoms with Crippen molar-refractivity contribution < 1.29 is 5.21 Å². The van der Waals surface area contributed by atoms with Gasteiger partial charge in [-0.3, -0.25) is 4.90 Å². The number of hydrogen-bond acceptors (Lipinski definition) is 3. The van der Waals surface area contributed by atoms with E-state index in [0.717, 1.165) is 23.5 Å². The molecule has 0 unspecified atom stereocenters. The molecule has 0 aromatic carbocycles. The fourth-order valence-corrected chi connectivity index (χ4v) is 4.62. The number of fused-ring (bicyclic) bond motifs is 2. The summed E-state index contributed by atoms with van der Waals surface area (Å²) >= 11 is 0. The zero-order chi connectivity index (χ0) is 12.0. The average molecular weight is 236 g/mol. The van der Waals surface area contributed by atoms with Gasteiger partial charge in [-0.25, -0.2) is 0 Å². The van der Waals surface area contributed by atoms with Crippen LogP contribution in [0.2, 0.25) is 0 Å². The van der Waals surface area contributed by atoms with E-state index in [9.17, 15) is 5.21 Å². The summed E-state index contributed by atoms with van der Waals surface area (Å²) in [5, 5.41) is 12.9. The summed E-state index contributed by atoms with van der Waals surface area (Å²) < 4.78 is 0. The Morgan fingerprint density at radius 3 is 2.47 bits per heavy atom. The molecule has 1 N–H and O–H groups in total. The van der Waals surface area contributed by atoms with E-state index >= 15 is 0 Å². The first-order chi connectivity index (χ1) is 8.19. The summed E-state index contributed by atoms with van der Waals surface area (Å²) in [5.74, 6) is 2.93. The standard InChI is InChI=1S/C14H24N2O/c1-9-5-10(2)8-16(7-9)14-12-4-3-11(6-12)13(14)15-17/h9-12,14,17H,3-8H2,1-2H3/b15-13-/t9-,10-,11-,12+,14+/m0/s1. The van der Waals surface area contributed by atoms with Crippen molar-refractivity contribution in [3.63, 3.8) is 0 Å². The molecule has 0 radical (unpaired) electrons. The smallest absolute Gasteiger partial charge is 0.0775 e. The maximum absolute atomic E-state index is 9.28. The Kier molecular flexibility index (Phi) is 2.89. The Bertz CT molecular complexity index is 318. The molecule has 2 saturated carbocycles. The molecular weight excluding hydrogens is 212 g/mol. The van der Waals surface area contributed by atoms with E-state index in [2.05, 4.69) is 23.9 Å². The maximum Gasteiger partial charge on any atom is 0.0775 e. The monoisotopic (exact) mass is 236 g/mol. The van der Waals surface area contributed by atoms with Crippen molar-refractivity contribution in [3.05, 3.63) is 0 Å². The molecule has 3 fully saturated rings. The van der Waals surface area contributed by atoms with Crippen LogP contribution in [0.4, 0.5) is 0 Å². The molecular formula is C14H24N2O. The van der Waals surface area contributed by atoms with Crippen molar-refractivity contribution in [2.75, 3.05) is 13.1 Å². The molecule has 0 amide bonds. The lowest BCUT2D eigenvalue weighted by molar-refractivity contribution is 0.0987. The number of likely N-dealkylation sites (tertiary alicyclic amines) is 1. The van der Waals surface area contributed by atoms with Gasteiger partial charge in [-0.15, -0.1) is 0 Å². The molecule has 1 heterocycles. The molecule has 3 rings (SSSR count). The van der Waals surface area contributed by atoms with Gasteiger partial charge in [0.05, 0.1) is 11.8 Å². The van der Waals surface area contributed by atoms with Gasteiger partial charge < -0.3 is 5.21 Å². The maximum atomic E-state index is 9.28. The Labute approximate surface area is 104 Å². The molecule has 1 aliphatic heterocycles. The minimum atomic E-state index is 0.462. The molecule has 0 spiro atoms. The van der Waals surface area contributed by atoms with E-state index in [-0.39, 0.29) is 0 Å². The number of hydrogen-bond donors (Lipinski definition) is 1. The summed E-state index contributed by atoms with van der Waals surface area (Å²) in [5.41, 5.74) is 1.10. The molecule has 96 valence electrons. The van der Waals surface area contributed by atoms with Gasteiger partial charge >= 0.3 is 0 Å². The van der Waals surface area contributed by atoms with Crippen LogP contribution in [0.1, 0.15) is 39.5 Å². The van der Waals surface area contributed by atoms with E-state index in [4.69, 9.17) is 0 Å². The van der Waals surface area contributed by atoms with Crippen LogP contribution < -0.4 is 0 Å². The molecule has 3 heteroatoms. The lowest BCUT2D eigenvalue weighted by Gasteiger charge is -2.41. The highest BCUT2D eigenvalue weighted by Crippen LogP contribution is 2.45. The quantitative estimate of drug-likeness (QED) is 0.561. The molecule has 17 heavy (non-hydrogen) atoms. The second kappa shape index (κ2) is 4.27. The van der Waals surface area contributed by atoms with E-state index in [1.54, 1.807) is 0 Å². The van der Waals surface area contributed by atoms with Gasteiger partial charge in [0, 0.05) is 19.0 Å². The lowest BCUT2D eigenvalue weighted by Crippen LogP contribution is -2.50. The summed E-state index contributed by atoms with van der Waals surface area (Å²) in [6, 6.07) is 0.462. The minimum absolute atomic E-state index is 0.462. The Balaban J connectivity index is 1.79. The van der Waals surface area contributed by atoms with Crippen molar-refractivity contribution in [1.82, 2.24) is 4.90 Å². The van der Waals surface area contributed by atoms with Gasteiger partial charge in [0.2, 0.25) is 0 Å². The Hall–Kier alpha value is -0.570. The largest absolute Gasteiger partial charge is 0.411 e. The third-order valence-electron chi connectivity index (χ3n) is 5.05. The van der Waals surface area contributed by atoms with Crippen LogP contribution in [0, 0.1) is 23.7 Å². The van der Waals surface area contributed by atoms with Crippen LogP contribution in [-0.2, 0) is 0 Å². The number of rotatable bonds is 1. The summed E-state index contributed by atoms with van der Waals surface area (Å²) in [7, 11) is 0. The van der Waals surface area contributed by atoms with E-state index in [1.807, 2.05) is 0 Å². The molecule has 0 aromatic rings. The highest BCUT2D eigenvalue weighted by molar-refractivity contribution is 5.94. The van der Waals surface area contributed by atoms with Crippen molar-refractivity contribution in [1.29, 1.82) is 0 Å². The zero-order valence-corrected chi connectivity index (χ0v) is 11.0. The molecule has 1 saturated heterocycles. The van der Waals surface area contributed by atoms with Crippen molar-refractivity contribution in [2.24, 2.45) is 28.8 Å². The molecule has 2 bridgehead atoms. The predicted molar refractivity (Wildman–Crippen MR) is 68.4 cm³/mol. The number of nitrogens with zero attached hydrogens (tertiary/aromatic N) is 2. The van der Waals surface area contributed by atoms with Crippen LogP contribution in [-0.4, -0.2) is 35.0 Å². The lowest BCUT2D eigenvalue weighted by atomic mass is 9.86. The second-order valence-corrected chi connectivity index (χ2v) is 6.64. The first kappa shape index (κ1) is 11.5. The van der Waals surface area contributed by atoms with Crippen LogP contribution in [0.25, 0.3) is 0 Å². The molecule has 0 aromatic heterocycles. The third kappa shape index (κ3) is 1.88. The summed E-state index contributed by atoms with van der Waals surface area (Å²) in [4.78, 5) is 2.61. The van der Waals surface area contributed by atoms with Gasteiger partial charge in [0.1, 0.15) is 0 Å². The summed E-state index contributed by atoms with van der Waals surface area (Å²) in [6.07, 6.45) is 5.21. The first-order valence-corrected chi connectivity index (χ1v) is 7.15. The zero-order valence-electron chi connectivity index (χ0n) is 11.0. The third-order valence-corrected chi connectivity index (χ3v) is 5.05. The van der Waals surface area contributed by atoms with Gasteiger partial charge in [-0.05, 0) is 43.4 Å². The van der Waals surface area contributed by atoms with E-state index in [1.165, 1.54) is 38.8 Å². The Morgan fingerprint density at radius 1 is 1.12 bits per heavy atom. The topological polar surface area (TPSA) is 35.8 Å². The van der Waals surface area contributed by atoms with Crippen LogP contribution in [0.15, 0.2) is 5.16 Å².